The Kier molecular flexibility index (Phi) is 4.32. The maximum atomic E-state index is 9.42. The minimum Gasteiger partial charge on any atom is -0.394 e. The van der Waals surface area contributed by atoms with Crippen molar-refractivity contribution in [3.8, 4) is 12.3 Å². The molecule has 3 N–H and O–H groups in total. The summed E-state index contributed by atoms with van der Waals surface area (Å²) in [6.45, 7) is -0.292. The van der Waals surface area contributed by atoms with Gasteiger partial charge in [-0.25, -0.2) is 0 Å². The molecule has 1 fully saturated rings. The maximum absolute atomic E-state index is 9.42. The first kappa shape index (κ1) is 11.4. The van der Waals surface area contributed by atoms with Crippen LogP contribution in [0.25, 0.3) is 0 Å². The summed E-state index contributed by atoms with van der Waals surface area (Å²) in [6.07, 6.45) is 1.71. The van der Waals surface area contributed by atoms with Gasteiger partial charge in [0.2, 0.25) is 0 Å². The zero-order valence-corrected chi connectivity index (χ0v) is 7.67. The lowest BCUT2D eigenvalue weighted by molar-refractivity contribution is -0.266. The van der Waals surface area contributed by atoms with Gasteiger partial charge in [-0.3, -0.25) is 0 Å². The Morgan fingerprint density at radius 1 is 1.43 bits per heavy atom. The first-order valence-corrected chi connectivity index (χ1v) is 4.36. The van der Waals surface area contributed by atoms with Gasteiger partial charge in [0, 0.05) is 6.42 Å². The quantitative estimate of drug-likeness (QED) is 0.484. The zero-order valence-electron chi connectivity index (χ0n) is 7.67. The molecule has 1 heterocycles. The van der Waals surface area contributed by atoms with Crippen LogP contribution in [0.1, 0.15) is 6.42 Å². The summed E-state index contributed by atoms with van der Waals surface area (Å²) in [7, 11) is 0. The molecule has 1 saturated heterocycles. The van der Waals surface area contributed by atoms with Crippen LogP contribution in [0.15, 0.2) is 0 Å². The third kappa shape index (κ3) is 2.67. The van der Waals surface area contributed by atoms with Crippen molar-refractivity contribution in [1.82, 2.24) is 0 Å². The summed E-state index contributed by atoms with van der Waals surface area (Å²) in [6, 6.07) is 0. The van der Waals surface area contributed by atoms with Gasteiger partial charge in [0.1, 0.15) is 18.8 Å². The maximum Gasteiger partial charge on any atom is 0.185 e. The van der Waals surface area contributed by atoms with Gasteiger partial charge in [0.05, 0.1) is 12.7 Å². The molecule has 0 bridgehead atoms. The van der Waals surface area contributed by atoms with Crippen LogP contribution in [0.4, 0.5) is 0 Å². The second-order valence-electron chi connectivity index (χ2n) is 3.11. The van der Waals surface area contributed by atoms with Crippen LogP contribution in [-0.4, -0.2) is 53.1 Å². The molecule has 0 aromatic carbocycles. The molecule has 0 aliphatic carbocycles. The highest BCUT2D eigenvalue weighted by molar-refractivity contribution is 4.85. The molecule has 0 aromatic heterocycles. The van der Waals surface area contributed by atoms with E-state index in [1.807, 2.05) is 0 Å². The van der Waals surface area contributed by atoms with Crippen LogP contribution < -0.4 is 0 Å². The molecule has 0 spiro atoms. The lowest BCUT2D eigenvalue weighted by Crippen LogP contribution is -2.49. The van der Waals surface area contributed by atoms with Crippen molar-refractivity contribution in [2.45, 2.75) is 31.0 Å². The van der Waals surface area contributed by atoms with E-state index in [1.54, 1.807) is 0 Å². The first-order valence-electron chi connectivity index (χ1n) is 4.36. The molecule has 1 aliphatic heterocycles. The zero-order chi connectivity index (χ0) is 10.6. The largest absolute Gasteiger partial charge is 0.394 e. The normalized spacial score (nSPS) is 37.9. The summed E-state index contributed by atoms with van der Waals surface area (Å²) in [5.74, 6) is 2.24. The van der Waals surface area contributed by atoms with Gasteiger partial charge >= 0.3 is 0 Å². The van der Waals surface area contributed by atoms with E-state index in [-0.39, 0.29) is 19.6 Å². The molecule has 5 nitrogen and oxygen atoms in total. The van der Waals surface area contributed by atoms with E-state index >= 15 is 0 Å². The second kappa shape index (κ2) is 5.29. The standard InChI is InChI=1S/C9H14O5/c1-2-3-13-9-7(12)4-6(11)8(5-10)14-9/h1,6-12H,3-5H2/t6-,7+,8+,9-/m0/s1. The Labute approximate surface area is 82.3 Å². The van der Waals surface area contributed by atoms with Crippen molar-refractivity contribution in [2.75, 3.05) is 13.2 Å². The Balaban J connectivity index is 2.47. The molecule has 1 aliphatic rings. The summed E-state index contributed by atoms with van der Waals surface area (Å²) < 4.78 is 10.1. The molecular formula is C9H14O5. The lowest BCUT2D eigenvalue weighted by Gasteiger charge is -2.35. The van der Waals surface area contributed by atoms with Crippen molar-refractivity contribution < 1.29 is 24.8 Å². The number of aliphatic hydroxyl groups is 3. The predicted octanol–water partition coefficient (Wildman–Crippen LogP) is -1.53. The number of ether oxygens (including phenoxy) is 2. The Hall–Kier alpha value is -0.640. The van der Waals surface area contributed by atoms with E-state index in [4.69, 9.17) is 21.0 Å². The fourth-order valence-electron chi connectivity index (χ4n) is 1.31. The van der Waals surface area contributed by atoms with Crippen molar-refractivity contribution in [2.24, 2.45) is 0 Å². The molecule has 0 unspecified atom stereocenters. The molecule has 0 amide bonds. The van der Waals surface area contributed by atoms with Crippen LogP contribution in [0, 0.1) is 12.3 Å². The summed E-state index contributed by atoms with van der Waals surface area (Å²) >= 11 is 0. The molecule has 0 radical (unpaired) electrons. The molecular weight excluding hydrogens is 188 g/mol. The van der Waals surface area contributed by atoms with E-state index in [9.17, 15) is 10.2 Å². The molecule has 4 atom stereocenters. The van der Waals surface area contributed by atoms with Gasteiger partial charge in [0.15, 0.2) is 6.29 Å². The van der Waals surface area contributed by atoms with E-state index in [0.29, 0.717) is 0 Å². The Morgan fingerprint density at radius 2 is 2.14 bits per heavy atom. The average molecular weight is 202 g/mol. The Morgan fingerprint density at radius 3 is 2.71 bits per heavy atom. The van der Waals surface area contributed by atoms with Gasteiger partial charge in [-0.2, -0.15) is 0 Å². The lowest BCUT2D eigenvalue weighted by atomic mass is 10.0. The van der Waals surface area contributed by atoms with E-state index < -0.39 is 24.6 Å². The third-order valence-electron chi connectivity index (χ3n) is 2.05. The molecule has 1 rings (SSSR count). The average Bonchev–Trinajstić information content (AvgIpc) is 2.17. The molecule has 14 heavy (non-hydrogen) atoms. The molecule has 5 heteroatoms. The fourth-order valence-corrected chi connectivity index (χ4v) is 1.31. The minimum absolute atomic E-state index is 0.0238. The second-order valence-corrected chi connectivity index (χ2v) is 3.11. The number of hydrogen-bond donors (Lipinski definition) is 3. The van der Waals surface area contributed by atoms with Crippen LogP contribution in [0.3, 0.4) is 0 Å². The molecule has 0 aromatic rings. The minimum atomic E-state index is -0.916. The monoisotopic (exact) mass is 202 g/mol. The molecule has 80 valence electrons. The van der Waals surface area contributed by atoms with Crippen LogP contribution in [0.2, 0.25) is 0 Å². The van der Waals surface area contributed by atoms with Gasteiger partial charge in [-0.15, -0.1) is 6.42 Å². The predicted molar refractivity (Wildman–Crippen MR) is 47.2 cm³/mol. The summed E-state index contributed by atoms with van der Waals surface area (Å²) in [5, 5.41) is 27.6. The topological polar surface area (TPSA) is 79.2 Å². The van der Waals surface area contributed by atoms with Gasteiger partial charge in [-0.05, 0) is 0 Å². The van der Waals surface area contributed by atoms with Gasteiger partial charge in [0.25, 0.3) is 0 Å². The number of aliphatic hydroxyl groups excluding tert-OH is 3. The fraction of sp³-hybridized carbons (Fsp3) is 0.778. The number of hydrogen-bond acceptors (Lipinski definition) is 5. The highest BCUT2D eigenvalue weighted by atomic mass is 16.7. The third-order valence-corrected chi connectivity index (χ3v) is 2.05. The van der Waals surface area contributed by atoms with Crippen LogP contribution in [-0.2, 0) is 9.47 Å². The van der Waals surface area contributed by atoms with Crippen LogP contribution in [0.5, 0.6) is 0 Å². The summed E-state index contributed by atoms with van der Waals surface area (Å²) in [5.41, 5.74) is 0. The molecule has 0 saturated carbocycles. The van der Waals surface area contributed by atoms with Crippen molar-refractivity contribution >= 4 is 0 Å². The van der Waals surface area contributed by atoms with E-state index in [0.717, 1.165) is 0 Å². The van der Waals surface area contributed by atoms with Gasteiger partial charge in [-0.1, -0.05) is 5.92 Å². The first-order chi connectivity index (χ1) is 6.69. The van der Waals surface area contributed by atoms with Crippen LogP contribution >= 0.6 is 0 Å². The SMILES string of the molecule is C#CCO[C@H]1O[C@H](CO)[C@@H](O)C[C@H]1O. The van der Waals surface area contributed by atoms with Crippen molar-refractivity contribution in [3.05, 3.63) is 0 Å². The number of terminal acetylenes is 1. The van der Waals surface area contributed by atoms with Gasteiger partial charge < -0.3 is 24.8 Å². The smallest absolute Gasteiger partial charge is 0.185 e. The Bertz CT molecular complexity index is 212. The van der Waals surface area contributed by atoms with Crippen molar-refractivity contribution in [1.29, 1.82) is 0 Å². The number of rotatable bonds is 3. The van der Waals surface area contributed by atoms with E-state index in [2.05, 4.69) is 5.92 Å². The highest BCUT2D eigenvalue weighted by Gasteiger charge is 2.36. The highest BCUT2D eigenvalue weighted by Crippen LogP contribution is 2.20. The van der Waals surface area contributed by atoms with Crippen molar-refractivity contribution in [3.63, 3.8) is 0 Å². The summed E-state index contributed by atoms with van der Waals surface area (Å²) in [4.78, 5) is 0. The van der Waals surface area contributed by atoms with E-state index in [1.165, 1.54) is 0 Å².